The van der Waals surface area contributed by atoms with Crippen molar-refractivity contribution in [2.24, 2.45) is 28.9 Å². The summed E-state index contributed by atoms with van der Waals surface area (Å²) >= 11 is 0. The first-order chi connectivity index (χ1) is 8.91. The number of hydrogen-bond acceptors (Lipinski definition) is 3. The van der Waals surface area contributed by atoms with E-state index in [9.17, 15) is 0 Å². The molecule has 106 valence electrons. The van der Waals surface area contributed by atoms with Gasteiger partial charge in [0.2, 0.25) is 0 Å². The average molecular weight is 263 g/mol. The van der Waals surface area contributed by atoms with Crippen LogP contribution >= 0.6 is 0 Å². The van der Waals surface area contributed by atoms with Gasteiger partial charge in [0.15, 0.2) is 0 Å². The fraction of sp³-hybridized carbons (Fsp3) is 1.00. The van der Waals surface area contributed by atoms with Crippen molar-refractivity contribution in [2.75, 3.05) is 0 Å². The Labute approximate surface area is 116 Å². The highest BCUT2D eigenvalue weighted by atomic mass is 16.7. The minimum Gasteiger partial charge on any atom is -0.404 e. The summed E-state index contributed by atoms with van der Waals surface area (Å²) in [6.45, 7) is 7.06. The number of rotatable bonds is 3. The maximum atomic E-state index is 6.38. The first kappa shape index (κ1) is 12.7. The maximum absolute atomic E-state index is 6.38. The summed E-state index contributed by atoms with van der Waals surface area (Å²) < 4.78 is 12.6. The molecule has 1 aliphatic heterocycles. The minimum absolute atomic E-state index is 0.0650. The molecule has 1 heterocycles. The van der Waals surface area contributed by atoms with Gasteiger partial charge in [-0.2, -0.15) is 0 Å². The van der Waals surface area contributed by atoms with Crippen LogP contribution in [0.25, 0.3) is 0 Å². The molecule has 0 aromatic carbocycles. The van der Waals surface area contributed by atoms with Crippen molar-refractivity contribution in [1.82, 2.24) is 0 Å². The molecule has 2 bridgehead atoms. The molecule has 5 rings (SSSR count). The van der Waals surface area contributed by atoms with Crippen molar-refractivity contribution in [1.29, 1.82) is 0 Å². The Morgan fingerprint density at radius 1 is 1.26 bits per heavy atom. The van der Waals surface area contributed by atoms with Gasteiger partial charge in [-0.05, 0) is 49.4 Å². The molecule has 1 saturated heterocycles. The van der Waals surface area contributed by atoms with Gasteiger partial charge in [-0.25, -0.2) is 0 Å². The summed E-state index contributed by atoms with van der Waals surface area (Å²) in [6.07, 6.45) is 6.52. The lowest BCUT2D eigenvalue weighted by molar-refractivity contribution is -0.199. The summed E-state index contributed by atoms with van der Waals surface area (Å²) in [6, 6.07) is 0. The third-order valence-electron chi connectivity index (χ3n) is 6.62. The second kappa shape index (κ2) is 3.77. The van der Waals surface area contributed by atoms with Crippen molar-refractivity contribution in [3.8, 4) is 0 Å². The van der Waals surface area contributed by atoms with Gasteiger partial charge in [0.25, 0.3) is 0 Å². The first-order valence-electron chi connectivity index (χ1n) is 8.00. The van der Waals surface area contributed by atoms with E-state index in [1.165, 1.54) is 19.3 Å². The number of hydrogen-bond donors (Lipinski definition) is 1. The van der Waals surface area contributed by atoms with Crippen LogP contribution in [0, 0.1) is 23.2 Å². The highest BCUT2D eigenvalue weighted by Crippen LogP contribution is 2.65. The lowest BCUT2D eigenvalue weighted by Crippen LogP contribution is -2.65. The van der Waals surface area contributed by atoms with Crippen LogP contribution < -0.4 is 5.73 Å². The Bertz CT molecular complexity index is 398. The zero-order valence-corrected chi connectivity index (χ0v) is 12.4. The Balaban J connectivity index is 1.50. The largest absolute Gasteiger partial charge is 0.475 e. The molecule has 5 aliphatic rings. The molecule has 4 heteroatoms. The lowest BCUT2D eigenvalue weighted by atomic mass is 9.43. The van der Waals surface area contributed by atoms with E-state index in [4.69, 9.17) is 15.0 Å². The van der Waals surface area contributed by atoms with Crippen LogP contribution in [0.3, 0.4) is 0 Å². The molecule has 0 spiro atoms. The molecule has 4 saturated carbocycles. The standard InChI is InChI=1S/C15H26BNO2/c1-14(2)10-7-11(14)15(3)12(8-10)18-16(19-15)13(17)6-9-4-5-9/h9-13H,4-8,17H2,1-3H3/t10-,11-,12+,13?,15-/m0/s1. The normalized spacial score (nSPS) is 48.6. The first-order valence-corrected chi connectivity index (χ1v) is 8.00. The van der Waals surface area contributed by atoms with Crippen LogP contribution in [0.1, 0.15) is 52.9 Å². The van der Waals surface area contributed by atoms with Crippen molar-refractivity contribution in [3.63, 3.8) is 0 Å². The Morgan fingerprint density at radius 2 is 2.00 bits per heavy atom. The molecule has 0 aromatic heterocycles. The van der Waals surface area contributed by atoms with Crippen molar-refractivity contribution < 1.29 is 9.31 Å². The molecule has 1 unspecified atom stereocenters. The molecule has 4 aliphatic carbocycles. The van der Waals surface area contributed by atoms with Gasteiger partial charge in [0, 0.05) is 5.94 Å². The smallest absolute Gasteiger partial charge is 0.404 e. The van der Waals surface area contributed by atoms with E-state index in [0.29, 0.717) is 11.3 Å². The predicted octanol–water partition coefficient (Wildman–Crippen LogP) is 2.38. The Morgan fingerprint density at radius 3 is 2.63 bits per heavy atom. The third kappa shape index (κ3) is 1.69. The Hall–Kier alpha value is -0.0551. The predicted molar refractivity (Wildman–Crippen MR) is 75.4 cm³/mol. The van der Waals surface area contributed by atoms with Crippen LogP contribution in [0.5, 0.6) is 0 Å². The monoisotopic (exact) mass is 263 g/mol. The summed E-state index contributed by atoms with van der Waals surface area (Å²) in [4.78, 5) is 0. The van der Waals surface area contributed by atoms with Crippen molar-refractivity contribution in [2.45, 2.75) is 70.5 Å². The van der Waals surface area contributed by atoms with E-state index < -0.39 is 0 Å². The minimum atomic E-state index is -0.161. The molecule has 0 radical (unpaired) electrons. The molecule has 0 aromatic rings. The van der Waals surface area contributed by atoms with Crippen LogP contribution in [0.15, 0.2) is 0 Å². The quantitative estimate of drug-likeness (QED) is 0.795. The maximum Gasteiger partial charge on any atom is 0.475 e. The van der Waals surface area contributed by atoms with E-state index >= 15 is 0 Å². The van der Waals surface area contributed by atoms with E-state index in [1.807, 2.05) is 0 Å². The van der Waals surface area contributed by atoms with Gasteiger partial charge >= 0.3 is 7.12 Å². The van der Waals surface area contributed by atoms with Crippen LogP contribution in [-0.2, 0) is 9.31 Å². The third-order valence-corrected chi connectivity index (χ3v) is 6.62. The highest BCUT2D eigenvalue weighted by molar-refractivity contribution is 6.47. The zero-order chi connectivity index (χ0) is 13.4. The molecule has 19 heavy (non-hydrogen) atoms. The number of nitrogens with two attached hydrogens (primary N) is 1. The second-order valence-electron chi connectivity index (χ2n) is 8.18. The van der Waals surface area contributed by atoms with Gasteiger partial charge < -0.3 is 15.0 Å². The fourth-order valence-electron chi connectivity index (χ4n) is 4.93. The lowest BCUT2D eigenvalue weighted by Gasteiger charge is -2.64. The summed E-state index contributed by atoms with van der Waals surface area (Å²) in [7, 11) is -0.161. The highest BCUT2D eigenvalue weighted by Gasteiger charge is 2.68. The summed E-state index contributed by atoms with van der Waals surface area (Å²) in [5.74, 6) is 2.36. The molecule has 0 amide bonds. The summed E-state index contributed by atoms with van der Waals surface area (Å²) in [5, 5.41) is 0. The van der Waals surface area contributed by atoms with Crippen LogP contribution in [-0.4, -0.2) is 24.8 Å². The van der Waals surface area contributed by atoms with Crippen molar-refractivity contribution >= 4 is 7.12 Å². The van der Waals surface area contributed by atoms with E-state index in [2.05, 4.69) is 20.8 Å². The van der Waals surface area contributed by atoms with Gasteiger partial charge in [-0.3, -0.25) is 0 Å². The molecular weight excluding hydrogens is 237 g/mol. The van der Waals surface area contributed by atoms with E-state index in [1.54, 1.807) is 0 Å². The van der Waals surface area contributed by atoms with Gasteiger partial charge in [-0.1, -0.05) is 26.7 Å². The van der Waals surface area contributed by atoms with Crippen molar-refractivity contribution in [3.05, 3.63) is 0 Å². The van der Waals surface area contributed by atoms with E-state index in [0.717, 1.165) is 24.7 Å². The zero-order valence-electron chi connectivity index (χ0n) is 12.4. The van der Waals surface area contributed by atoms with Gasteiger partial charge in [0.05, 0.1) is 11.7 Å². The molecule has 5 atom stereocenters. The van der Waals surface area contributed by atoms with Gasteiger partial charge in [0.1, 0.15) is 0 Å². The van der Waals surface area contributed by atoms with Gasteiger partial charge in [-0.15, -0.1) is 0 Å². The Kier molecular flexibility index (Phi) is 2.52. The second-order valence-corrected chi connectivity index (χ2v) is 8.18. The van der Waals surface area contributed by atoms with E-state index in [-0.39, 0.29) is 24.8 Å². The molecular formula is C15H26BNO2. The molecule has 3 nitrogen and oxygen atoms in total. The van der Waals surface area contributed by atoms with Crippen LogP contribution in [0.2, 0.25) is 0 Å². The molecule has 2 N–H and O–H groups in total. The fourth-order valence-corrected chi connectivity index (χ4v) is 4.93. The average Bonchev–Trinajstić information content (AvgIpc) is 3.06. The topological polar surface area (TPSA) is 44.5 Å². The summed E-state index contributed by atoms with van der Waals surface area (Å²) in [5.41, 5.74) is 6.64. The van der Waals surface area contributed by atoms with Crippen LogP contribution in [0.4, 0.5) is 0 Å². The molecule has 5 fully saturated rings. The SMILES string of the molecule is CC1(C)[C@@H]2C[C@H]3OB(C(N)CC4CC4)O[C@@]3(C)[C@H]1C2.